The van der Waals surface area contributed by atoms with E-state index in [0.29, 0.717) is 5.56 Å². The number of nitrogens with one attached hydrogen (secondary N) is 1. The van der Waals surface area contributed by atoms with Gasteiger partial charge >= 0.3 is 0 Å². The molecule has 0 radical (unpaired) electrons. The Balaban J connectivity index is 1.85. The van der Waals surface area contributed by atoms with Crippen LogP contribution in [0.2, 0.25) is 0 Å². The molecule has 2 aromatic carbocycles. The SMILES string of the molecule is CC(C)c1ccc(S(=O)(=O)[C@H]2CS(=O)(=O)C[C@@H]2NCc2ccccc2F)cc1. The topological polar surface area (TPSA) is 80.3 Å². The third-order valence-corrected chi connectivity index (χ3v) is 9.25. The van der Waals surface area contributed by atoms with E-state index in [2.05, 4.69) is 5.32 Å². The van der Waals surface area contributed by atoms with E-state index < -0.39 is 42.5 Å². The largest absolute Gasteiger partial charge is 0.307 e. The second kappa shape index (κ2) is 7.93. The van der Waals surface area contributed by atoms with E-state index in [9.17, 15) is 21.2 Å². The normalized spacial score (nSPS) is 21.9. The first-order valence-corrected chi connectivity index (χ1v) is 12.5. The van der Waals surface area contributed by atoms with Crippen molar-refractivity contribution in [2.75, 3.05) is 11.5 Å². The Bertz CT molecular complexity index is 1050. The van der Waals surface area contributed by atoms with Gasteiger partial charge in [0.15, 0.2) is 19.7 Å². The average molecular weight is 426 g/mol. The first kappa shape index (κ1) is 21.0. The molecule has 0 aliphatic carbocycles. The molecule has 0 bridgehead atoms. The van der Waals surface area contributed by atoms with Crippen molar-refractivity contribution in [2.45, 2.75) is 42.5 Å². The van der Waals surface area contributed by atoms with Crippen LogP contribution in [0.25, 0.3) is 0 Å². The molecule has 0 amide bonds. The van der Waals surface area contributed by atoms with Crippen LogP contribution in [-0.4, -0.2) is 39.6 Å². The van der Waals surface area contributed by atoms with Crippen molar-refractivity contribution in [3.05, 3.63) is 65.5 Å². The van der Waals surface area contributed by atoms with E-state index in [1.165, 1.54) is 18.2 Å². The Labute approximate surface area is 165 Å². The first-order valence-electron chi connectivity index (χ1n) is 9.11. The van der Waals surface area contributed by atoms with Crippen molar-refractivity contribution in [1.82, 2.24) is 5.32 Å². The molecule has 1 heterocycles. The van der Waals surface area contributed by atoms with Gasteiger partial charge in [-0.3, -0.25) is 0 Å². The molecular weight excluding hydrogens is 401 g/mol. The maximum Gasteiger partial charge on any atom is 0.183 e. The van der Waals surface area contributed by atoms with Gasteiger partial charge in [0.1, 0.15) is 5.82 Å². The van der Waals surface area contributed by atoms with E-state index in [-0.39, 0.29) is 23.1 Å². The molecule has 2 atom stereocenters. The fourth-order valence-corrected chi connectivity index (χ4v) is 8.13. The smallest absolute Gasteiger partial charge is 0.183 e. The molecule has 1 fully saturated rings. The molecule has 1 aliphatic rings. The second-order valence-electron chi connectivity index (χ2n) is 7.46. The average Bonchev–Trinajstić information content (AvgIpc) is 2.96. The molecule has 8 heteroatoms. The molecule has 152 valence electrons. The zero-order valence-corrected chi connectivity index (χ0v) is 17.4. The Morgan fingerprint density at radius 1 is 1.07 bits per heavy atom. The maximum absolute atomic E-state index is 13.8. The second-order valence-corrected chi connectivity index (χ2v) is 11.8. The Morgan fingerprint density at radius 3 is 2.32 bits per heavy atom. The molecule has 0 unspecified atom stereocenters. The molecule has 5 nitrogen and oxygen atoms in total. The highest BCUT2D eigenvalue weighted by Gasteiger charge is 2.45. The van der Waals surface area contributed by atoms with Gasteiger partial charge in [0.25, 0.3) is 0 Å². The quantitative estimate of drug-likeness (QED) is 0.770. The monoisotopic (exact) mass is 425 g/mol. The number of sulfone groups is 2. The minimum Gasteiger partial charge on any atom is -0.307 e. The molecule has 0 aromatic heterocycles. The van der Waals surface area contributed by atoms with E-state index in [1.807, 2.05) is 13.8 Å². The van der Waals surface area contributed by atoms with Crippen LogP contribution in [0.3, 0.4) is 0 Å². The minimum absolute atomic E-state index is 0.0607. The highest BCUT2D eigenvalue weighted by Crippen LogP contribution is 2.27. The fraction of sp³-hybridized carbons (Fsp3) is 0.400. The van der Waals surface area contributed by atoms with Gasteiger partial charge in [-0.2, -0.15) is 0 Å². The summed E-state index contributed by atoms with van der Waals surface area (Å²) in [6, 6.07) is 11.9. The van der Waals surface area contributed by atoms with Gasteiger partial charge in [-0.25, -0.2) is 21.2 Å². The highest BCUT2D eigenvalue weighted by atomic mass is 32.2. The van der Waals surface area contributed by atoms with Gasteiger partial charge < -0.3 is 5.32 Å². The zero-order chi connectivity index (χ0) is 20.5. The summed E-state index contributed by atoms with van der Waals surface area (Å²) < 4.78 is 64.4. The van der Waals surface area contributed by atoms with Crippen molar-refractivity contribution in [1.29, 1.82) is 0 Å². The molecule has 1 aliphatic heterocycles. The van der Waals surface area contributed by atoms with E-state index in [1.54, 1.807) is 30.3 Å². The molecule has 2 aromatic rings. The van der Waals surface area contributed by atoms with Gasteiger partial charge in [0, 0.05) is 18.2 Å². The molecule has 1 N–H and O–H groups in total. The Kier molecular flexibility index (Phi) is 5.93. The molecule has 1 saturated heterocycles. The summed E-state index contributed by atoms with van der Waals surface area (Å²) in [7, 11) is -7.36. The number of benzene rings is 2. The number of hydrogen-bond acceptors (Lipinski definition) is 5. The summed E-state index contributed by atoms with van der Waals surface area (Å²) >= 11 is 0. The third-order valence-electron chi connectivity index (χ3n) is 5.09. The van der Waals surface area contributed by atoms with Gasteiger partial charge in [-0.1, -0.05) is 44.2 Å². The fourth-order valence-electron chi connectivity index (χ4n) is 3.41. The zero-order valence-electron chi connectivity index (χ0n) is 15.8. The Hall–Kier alpha value is -1.77. The van der Waals surface area contributed by atoms with E-state index in [4.69, 9.17) is 0 Å². The van der Waals surface area contributed by atoms with Crippen molar-refractivity contribution < 1.29 is 21.2 Å². The lowest BCUT2D eigenvalue weighted by molar-refractivity contribution is 0.515. The van der Waals surface area contributed by atoms with Gasteiger partial charge in [-0.15, -0.1) is 0 Å². The van der Waals surface area contributed by atoms with E-state index in [0.717, 1.165) is 5.56 Å². The lowest BCUT2D eigenvalue weighted by Crippen LogP contribution is -2.43. The lowest BCUT2D eigenvalue weighted by atomic mass is 10.0. The van der Waals surface area contributed by atoms with Crippen molar-refractivity contribution in [3.8, 4) is 0 Å². The van der Waals surface area contributed by atoms with Crippen molar-refractivity contribution in [2.24, 2.45) is 0 Å². The van der Waals surface area contributed by atoms with Gasteiger partial charge in [0.2, 0.25) is 0 Å². The maximum atomic E-state index is 13.8. The third kappa shape index (κ3) is 4.45. The van der Waals surface area contributed by atoms with Crippen LogP contribution >= 0.6 is 0 Å². The number of halogens is 1. The lowest BCUT2D eigenvalue weighted by Gasteiger charge is -2.20. The number of hydrogen-bond donors (Lipinski definition) is 1. The predicted octanol–water partition coefficient (Wildman–Crippen LogP) is 2.68. The first-order chi connectivity index (χ1) is 13.1. The summed E-state index contributed by atoms with van der Waals surface area (Å²) in [5.41, 5.74) is 1.37. The minimum atomic E-state index is -3.85. The van der Waals surface area contributed by atoms with Crippen LogP contribution in [0.15, 0.2) is 53.4 Å². The summed E-state index contributed by atoms with van der Waals surface area (Å²) in [4.78, 5) is 0.108. The van der Waals surface area contributed by atoms with Gasteiger partial charge in [-0.05, 0) is 29.7 Å². The predicted molar refractivity (Wildman–Crippen MR) is 107 cm³/mol. The summed E-state index contributed by atoms with van der Waals surface area (Å²) in [5, 5.41) is 1.85. The summed E-state index contributed by atoms with van der Waals surface area (Å²) in [5.74, 6) is -0.871. The van der Waals surface area contributed by atoms with Gasteiger partial charge in [0.05, 0.1) is 21.7 Å². The van der Waals surface area contributed by atoms with Crippen molar-refractivity contribution >= 4 is 19.7 Å². The van der Waals surface area contributed by atoms with Crippen LogP contribution in [0.4, 0.5) is 4.39 Å². The van der Waals surface area contributed by atoms with Crippen LogP contribution in [-0.2, 0) is 26.2 Å². The Morgan fingerprint density at radius 2 is 1.71 bits per heavy atom. The standard InChI is InChI=1S/C20H24FNO4S2/c1-14(2)15-7-9-17(10-8-15)28(25,26)20-13-27(23,24)12-19(20)22-11-16-5-3-4-6-18(16)21/h3-10,14,19-20,22H,11-13H2,1-2H3/t19-,20-/m0/s1. The van der Waals surface area contributed by atoms with Crippen LogP contribution in [0, 0.1) is 5.82 Å². The van der Waals surface area contributed by atoms with Crippen LogP contribution in [0.1, 0.15) is 30.9 Å². The number of rotatable bonds is 6. The van der Waals surface area contributed by atoms with Crippen LogP contribution < -0.4 is 5.32 Å². The molecule has 0 spiro atoms. The van der Waals surface area contributed by atoms with E-state index >= 15 is 0 Å². The van der Waals surface area contributed by atoms with Crippen molar-refractivity contribution in [3.63, 3.8) is 0 Å². The summed E-state index contributed by atoms with van der Waals surface area (Å²) in [6.07, 6.45) is 0. The molecule has 3 rings (SSSR count). The molecule has 0 saturated carbocycles. The molecule has 28 heavy (non-hydrogen) atoms. The highest BCUT2D eigenvalue weighted by molar-refractivity contribution is 7.96. The van der Waals surface area contributed by atoms with Crippen LogP contribution in [0.5, 0.6) is 0 Å². The summed E-state index contributed by atoms with van der Waals surface area (Å²) in [6.45, 7) is 4.08. The molecular formula is C20H24FNO4S2.